The number of ether oxygens (including phenoxy) is 1. The molecule has 0 fully saturated rings. The van der Waals surface area contributed by atoms with Crippen LogP contribution in [-0.2, 0) is 11.2 Å². The molecule has 146 valence electrons. The molecule has 1 heterocycles. The molecule has 0 saturated carbocycles. The Labute approximate surface area is 166 Å². The van der Waals surface area contributed by atoms with E-state index in [0.29, 0.717) is 19.4 Å². The van der Waals surface area contributed by atoms with Gasteiger partial charge >= 0.3 is 0 Å². The Kier molecular flexibility index (Phi) is 7.66. The Morgan fingerprint density at radius 2 is 1.93 bits per heavy atom. The number of carbonyl (C=O) groups excluding carboxylic acids is 1. The summed E-state index contributed by atoms with van der Waals surface area (Å²) in [5.74, 6) is 0.945. The van der Waals surface area contributed by atoms with E-state index in [1.807, 2.05) is 56.2 Å². The van der Waals surface area contributed by atoms with Crippen molar-refractivity contribution < 1.29 is 9.53 Å². The van der Waals surface area contributed by atoms with Crippen molar-refractivity contribution in [1.82, 2.24) is 14.9 Å². The highest BCUT2D eigenvalue weighted by atomic mass is 32.2. The van der Waals surface area contributed by atoms with Crippen molar-refractivity contribution in [2.45, 2.75) is 51.7 Å². The molecule has 0 spiro atoms. The maximum absolute atomic E-state index is 12.9. The molecule has 6 heteroatoms. The minimum atomic E-state index is -0.00471. The summed E-state index contributed by atoms with van der Waals surface area (Å²) in [7, 11) is 1.65. The fourth-order valence-electron chi connectivity index (χ4n) is 3.28. The number of rotatable bonds is 8. The zero-order valence-electron chi connectivity index (χ0n) is 17.1. The lowest BCUT2D eigenvalue weighted by Gasteiger charge is -2.29. The van der Waals surface area contributed by atoms with Crippen molar-refractivity contribution in [3.8, 4) is 5.75 Å². The average Bonchev–Trinajstić information content (AvgIpc) is 2.67. The molecule has 2 rings (SSSR count). The summed E-state index contributed by atoms with van der Waals surface area (Å²) in [6.45, 7) is 8.72. The van der Waals surface area contributed by atoms with Crippen molar-refractivity contribution in [3.63, 3.8) is 0 Å². The topological polar surface area (TPSA) is 55.3 Å². The Hall–Kier alpha value is -2.08. The van der Waals surface area contributed by atoms with Gasteiger partial charge in [0.25, 0.3) is 0 Å². The van der Waals surface area contributed by atoms with E-state index in [-0.39, 0.29) is 11.9 Å². The molecular formula is C21H29N3O2S. The number of benzene rings is 1. The van der Waals surface area contributed by atoms with Crippen LogP contribution in [0.1, 0.15) is 48.8 Å². The molecule has 0 bridgehead atoms. The van der Waals surface area contributed by atoms with E-state index in [9.17, 15) is 4.79 Å². The molecule has 27 heavy (non-hydrogen) atoms. The molecule has 5 nitrogen and oxygen atoms in total. The van der Waals surface area contributed by atoms with Gasteiger partial charge in [0.05, 0.1) is 13.2 Å². The number of aryl methyl sites for hydroxylation is 2. The summed E-state index contributed by atoms with van der Waals surface area (Å²) >= 11 is 1.54. The van der Waals surface area contributed by atoms with Crippen LogP contribution >= 0.6 is 11.8 Å². The molecule has 1 aromatic heterocycles. The molecule has 0 aliphatic rings. The predicted octanol–water partition coefficient (Wildman–Crippen LogP) is 4.37. The largest absolute Gasteiger partial charge is 0.497 e. The molecule has 1 atom stereocenters. The summed E-state index contributed by atoms with van der Waals surface area (Å²) < 4.78 is 5.31. The van der Waals surface area contributed by atoms with Gasteiger partial charge < -0.3 is 9.64 Å². The number of nitrogens with zero attached hydrogens (tertiary/aromatic N) is 3. The Morgan fingerprint density at radius 3 is 2.48 bits per heavy atom. The second-order valence-electron chi connectivity index (χ2n) is 6.49. The number of hydrogen-bond donors (Lipinski definition) is 0. The maximum atomic E-state index is 12.9. The first-order valence-corrected chi connectivity index (χ1v) is 10.4. The molecule has 1 amide bonds. The zero-order valence-corrected chi connectivity index (χ0v) is 17.9. The first kappa shape index (κ1) is 21.2. The van der Waals surface area contributed by atoms with Crippen molar-refractivity contribution >= 4 is 17.7 Å². The second-order valence-corrected chi connectivity index (χ2v) is 7.27. The molecule has 0 saturated heterocycles. The lowest BCUT2D eigenvalue weighted by atomic mass is 10.0. The normalized spacial score (nSPS) is 11.9. The molecule has 0 N–H and O–H groups in total. The van der Waals surface area contributed by atoms with Gasteiger partial charge in [-0.2, -0.15) is 0 Å². The van der Waals surface area contributed by atoms with Gasteiger partial charge in [0.1, 0.15) is 5.75 Å². The minimum Gasteiger partial charge on any atom is -0.497 e. The third-order valence-electron chi connectivity index (χ3n) is 4.88. The fourth-order valence-corrected chi connectivity index (χ4v) is 3.74. The van der Waals surface area contributed by atoms with Crippen LogP contribution in [0.4, 0.5) is 0 Å². The summed E-state index contributed by atoms with van der Waals surface area (Å²) in [4.78, 5) is 23.8. The SMILES string of the molecule is CCN(C(=O)CCc1c(C)nc(SC)nc1C)C(C)c1cccc(OC)c1. The molecule has 2 aromatic rings. The standard InChI is InChI=1S/C21H29N3O2S/c1-7-24(16(4)17-9-8-10-18(13-17)26-5)20(25)12-11-19-14(2)22-21(27-6)23-15(19)3/h8-10,13,16H,7,11-12H2,1-6H3. The van der Waals surface area contributed by atoms with Gasteiger partial charge in [0.2, 0.25) is 5.91 Å². The molecule has 0 aliphatic carbocycles. The van der Waals surface area contributed by atoms with Gasteiger partial charge in [0, 0.05) is 24.4 Å². The van der Waals surface area contributed by atoms with E-state index in [4.69, 9.17) is 4.74 Å². The zero-order chi connectivity index (χ0) is 20.0. The van der Waals surface area contributed by atoms with Gasteiger partial charge in [-0.15, -0.1) is 0 Å². The predicted molar refractivity (Wildman–Crippen MR) is 110 cm³/mol. The summed E-state index contributed by atoms with van der Waals surface area (Å²) in [6, 6.07) is 7.89. The molecule has 0 radical (unpaired) electrons. The van der Waals surface area contributed by atoms with Crippen LogP contribution in [0.3, 0.4) is 0 Å². The number of methoxy groups -OCH3 is 1. The van der Waals surface area contributed by atoms with Gasteiger partial charge in [-0.3, -0.25) is 4.79 Å². The number of thioether (sulfide) groups is 1. The minimum absolute atomic E-state index is 0.00471. The van der Waals surface area contributed by atoms with E-state index >= 15 is 0 Å². The highest BCUT2D eigenvalue weighted by Crippen LogP contribution is 2.25. The lowest BCUT2D eigenvalue weighted by Crippen LogP contribution is -2.33. The van der Waals surface area contributed by atoms with Crippen molar-refractivity contribution in [2.24, 2.45) is 0 Å². The van der Waals surface area contributed by atoms with E-state index in [1.165, 1.54) is 11.8 Å². The summed E-state index contributed by atoms with van der Waals surface area (Å²) in [5.41, 5.74) is 4.07. The van der Waals surface area contributed by atoms with Gasteiger partial charge in [0.15, 0.2) is 5.16 Å². The Bertz CT molecular complexity index is 772. The lowest BCUT2D eigenvalue weighted by molar-refractivity contribution is -0.133. The van der Waals surface area contributed by atoms with Crippen LogP contribution in [0.15, 0.2) is 29.4 Å². The number of carbonyl (C=O) groups is 1. The summed E-state index contributed by atoms with van der Waals surface area (Å²) in [6.07, 6.45) is 3.08. The first-order valence-electron chi connectivity index (χ1n) is 9.22. The van der Waals surface area contributed by atoms with Crippen molar-refractivity contribution in [3.05, 3.63) is 46.8 Å². The van der Waals surface area contributed by atoms with Crippen molar-refractivity contribution in [2.75, 3.05) is 19.9 Å². The van der Waals surface area contributed by atoms with Crippen LogP contribution in [0.5, 0.6) is 5.75 Å². The maximum Gasteiger partial charge on any atom is 0.223 e. The highest BCUT2D eigenvalue weighted by molar-refractivity contribution is 7.98. The first-order chi connectivity index (χ1) is 12.9. The van der Waals surface area contributed by atoms with Gasteiger partial charge in [-0.1, -0.05) is 23.9 Å². The highest BCUT2D eigenvalue weighted by Gasteiger charge is 2.21. The Balaban J connectivity index is 2.11. The third-order valence-corrected chi connectivity index (χ3v) is 5.42. The van der Waals surface area contributed by atoms with Crippen LogP contribution in [0.2, 0.25) is 0 Å². The van der Waals surface area contributed by atoms with Gasteiger partial charge in [-0.05, 0) is 63.6 Å². The molecule has 1 aromatic carbocycles. The van der Waals surface area contributed by atoms with Crippen LogP contribution in [0.25, 0.3) is 0 Å². The van der Waals surface area contributed by atoms with Crippen LogP contribution in [0, 0.1) is 13.8 Å². The Morgan fingerprint density at radius 1 is 1.26 bits per heavy atom. The monoisotopic (exact) mass is 387 g/mol. The van der Waals surface area contributed by atoms with E-state index in [1.54, 1.807) is 7.11 Å². The van der Waals surface area contributed by atoms with E-state index < -0.39 is 0 Å². The average molecular weight is 388 g/mol. The van der Waals surface area contributed by atoms with E-state index in [0.717, 1.165) is 33.4 Å². The fraction of sp³-hybridized carbons (Fsp3) is 0.476. The molecule has 1 unspecified atom stereocenters. The van der Waals surface area contributed by atoms with Gasteiger partial charge in [-0.25, -0.2) is 9.97 Å². The second kappa shape index (κ2) is 9.74. The number of hydrogen-bond acceptors (Lipinski definition) is 5. The smallest absolute Gasteiger partial charge is 0.223 e. The van der Waals surface area contributed by atoms with E-state index in [2.05, 4.69) is 16.9 Å². The quantitative estimate of drug-likeness (QED) is 0.497. The molecule has 0 aliphatic heterocycles. The third kappa shape index (κ3) is 5.22. The summed E-state index contributed by atoms with van der Waals surface area (Å²) in [5, 5.41) is 0.780. The van der Waals surface area contributed by atoms with Crippen LogP contribution < -0.4 is 4.74 Å². The number of aromatic nitrogens is 2. The number of amides is 1. The van der Waals surface area contributed by atoms with Crippen molar-refractivity contribution in [1.29, 1.82) is 0 Å². The van der Waals surface area contributed by atoms with Crippen LogP contribution in [-0.4, -0.2) is 40.7 Å². The molecular weight excluding hydrogens is 358 g/mol.